The molecule has 4 nitrogen and oxygen atoms in total. The van der Waals surface area contributed by atoms with E-state index in [0.717, 1.165) is 5.82 Å². The van der Waals surface area contributed by atoms with Crippen molar-refractivity contribution in [2.45, 2.75) is 19.6 Å². The molecular weight excluding hydrogens is 235 g/mol. The van der Waals surface area contributed by atoms with Gasteiger partial charge in [0.1, 0.15) is 30.1 Å². The monoisotopic (exact) mass is 250 g/mol. The summed E-state index contributed by atoms with van der Waals surface area (Å²) in [5.74, 6) is 1.07. The molecule has 5 heteroatoms. The summed E-state index contributed by atoms with van der Waals surface area (Å²) in [6.45, 7) is 2.45. The number of aromatic nitrogens is 2. The molecule has 2 rings (SSSR count). The molecule has 1 atom stereocenters. The lowest BCUT2D eigenvalue weighted by Gasteiger charge is -2.13. The van der Waals surface area contributed by atoms with E-state index in [2.05, 4.69) is 4.98 Å². The van der Waals surface area contributed by atoms with Crippen molar-refractivity contribution in [3.8, 4) is 5.75 Å². The normalized spacial score (nSPS) is 12.4. The summed E-state index contributed by atoms with van der Waals surface area (Å²) in [5.41, 5.74) is 0. The summed E-state index contributed by atoms with van der Waals surface area (Å²) < 4.78 is 19.9. The first-order valence-corrected chi connectivity index (χ1v) is 5.69. The number of aliphatic hydroxyl groups excluding tert-OH is 1. The van der Waals surface area contributed by atoms with Crippen LogP contribution in [0, 0.1) is 12.7 Å². The fourth-order valence-corrected chi connectivity index (χ4v) is 1.60. The van der Waals surface area contributed by atoms with Gasteiger partial charge in [0.2, 0.25) is 0 Å². The second-order valence-electron chi connectivity index (χ2n) is 4.05. The maximum absolute atomic E-state index is 12.7. The minimum absolute atomic E-state index is 0.156. The van der Waals surface area contributed by atoms with Crippen LogP contribution in [0.15, 0.2) is 36.7 Å². The van der Waals surface area contributed by atoms with Gasteiger partial charge in [-0.25, -0.2) is 9.37 Å². The molecule has 1 unspecified atom stereocenters. The van der Waals surface area contributed by atoms with Gasteiger partial charge in [0.05, 0.1) is 6.54 Å². The molecule has 0 saturated carbocycles. The van der Waals surface area contributed by atoms with Crippen molar-refractivity contribution in [1.82, 2.24) is 9.55 Å². The van der Waals surface area contributed by atoms with E-state index in [1.54, 1.807) is 12.4 Å². The lowest BCUT2D eigenvalue weighted by atomic mass is 10.3. The molecule has 0 aliphatic carbocycles. The third-order valence-electron chi connectivity index (χ3n) is 2.59. The van der Waals surface area contributed by atoms with Crippen molar-refractivity contribution in [2.75, 3.05) is 6.61 Å². The van der Waals surface area contributed by atoms with Crippen LogP contribution in [0.25, 0.3) is 0 Å². The third-order valence-corrected chi connectivity index (χ3v) is 2.59. The van der Waals surface area contributed by atoms with Gasteiger partial charge in [0, 0.05) is 12.4 Å². The molecule has 0 saturated heterocycles. The van der Waals surface area contributed by atoms with Crippen molar-refractivity contribution in [3.63, 3.8) is 0 Å². The summed E-state index contributed by atoms with van der Waals surface area (Å²) in [6, 6.07) is 5.71. The summed E-state index contributed by atoms with van der Waals surface area (Å²) in [4.78, 5) is 4.07. The molecule has 1 N–H and O–H groups in total. The van der Waals surface area contributed by atoms with Crippen LogP contribution >= 0.6 is 0 Å². The Bertz CT molecular complexity index is 496. The van der Waals surface area contributed by atoms with Crippen LogP contribution in [-0.2, 0) is 6.54 Å². The van der Waals surface area contributed by atoms with Crippen molar-refractivity contribution < 1.29 is 14.2 Å². The minimum atomic E-state index is -0.636. The van der Waals surface area contributed by atoms with Crippen molar-refractivity contribution in [1.29, 1.82) is 0 Å². The van der Waals surface area contributed by atoms with Crippen LogP contribution < -0.4 is 4.74 Å². The largest absolute Gasteiger partial charge is 0.491 e. The summed E-state index contributed by atoms with van der Waals surface area (Å²) in [7, 11) is 0. The molecule has 0 fully saturated rings. The highest BCUT2D eigenvalue weighted by Gasteiger charge is 2.08. The van der Waals surface area contributed by atoms with Gasteiger partial charge in [-0.2, -0.15) is 0 Å². The predicted molar refractivity (Wildman–Crippen MR) is 64.9 cm³/mol. The number of imidazole rings is 1. The highest BCUT2D eigenvalue weighted by Crippen LogP contribution is 2.11. The second kappa shape index (κ2) is 5.64. The Balaban J connectivity index is 1.83. The van der Waals surface area contributed by atoms with Gasteiger partial charge in [-0.05, 0) is 31.2 Å². The number of rotatable bonds is 5. The number of nitrogens with zero attached hydrogens (tertiary/aromatic N) is 2. The maximum atomic E-state index is 12.7. The van der Waals surface area contributed by atoms with Crippen LogP contribution in [0.5, 0.6) is 5.75 Å². The Morgan fingerprint density at radius 1 is 1.39 bits per heavy atom. The van der Waals surface area contributed by atoms with Crippen LogP contribution in [0.4, 0.5) is 4.39 Å². The molecule has 0 radical (unpaired) electrons. The molecule has 1 aromatic carbocycles. The number of ether oxygens (including phenoxy) is 1. The third kappa shape index (κ3) is 3.30. The molecule has 1 heterocycles. The number of halogens is 1. The fraction of sp³-hybridized carbons (Fsp3) is 0.308. The molecule has 1 aromatic heterocycles. The molecule has 0 spiro atoms. The van der Waals surface area contributed by atoms with E-state index in [9.17, 15) is 9.50 Å². The first kappa shape index (κ1) is 12.6. The zero-order valence-electron chi connectivity index (χ0n) is 10.1. The highest BCUT2D eigenvalue weighted by molar-refractivity contribution is 5.22. The number of benzene rings is 1. The maximum Gasteiger partial charge on any atom is 0.123 e. The number of aliphatic hydroxyl groups is 1. The van der Waals surface area contributed by atoms with E-state index in [1.807, 2.05) is 11.5 Å². The number of hydrogen-bond donors (Lipinski definition) is 1. The Hall–Kier alpha value is -1.88. The number of aryl methyl sites for hydroxylation is 1. The van der Waals surface area contributed by atoms with E-state index in [1.165, 1.54) is 24.3 Å². The van der Waals surface area contributed by atoms with Gasteiger partial charge in [-0.3, -0.25) is 0 Å². The average molecular weight is 250 g/mol. The smallest absolute Gasteiger partial charge is 0.123 e. The Morgan fingerprint density at radius 3 is 2.72 bits per heavy atom. The summed E-state index contributed by atoms with van der Waals surface area (Å²) in [5, 5.41) is 9.81. The number of hydrogen-bond acceptors (Lipinski definition) is 3. The summed E-state index contributed by atoms with van der Waals surface area (Å²) in [6.07, 6.45) is 2.85. The van der Waals surface area contributed by atoms with E-state index >= 15 is 0 Å². The molecule has 18 heavy (non-hydrogen) atoms. The van der Waals surface area contributed by atoms with E-state index < -0.39 is 6.10 Å². The van der Waals surface area contributed by atoms with E-state index in [4.69, 9.17) is 4.74 Å². The van der Waals surface area contributed by atoms with Gasteiger partial charge < -0.3 is 14.4 Å². The van der Waals surface area contributed by atoms with Crippen molar-refractivity contribution in [2.24, 2.45) is 0 Å². The Morgan fingerprint density at radius 2 is 2.11 bits per heavy atom. The molecule has 0 aliphatic heterocycles. The average Bonchev–Trinajstić information content (AvgIpc) is 2.74. The molecular formula is C13H15FN2O2. The summed E-state index contributed by atoms with van der Waals surface area (Å²) >= 11 is 0. The van der Waals surface area contributed by atoms with Crippen LogP contribution in [-0.4, -0.2) is 27.4 Å². The zero-order valence-corrected chi connectivity index (χ0v) is 10.1. The second-order valence-corrected chi connectivity index (χ2v) is 4.05. The van der Waals surface area contributed by atoms with Crippen LogP contribution in [0.2, 0.25) is 0 Å². The first-order valence-electron chi connectivity index (χ1n) is 5.69. The van der Waals surface area contributed by atoms with Gasteiger partial charge in [-0.15, -0.1) is 0 Å². The molecule has 96 valence electrons. The Labute approximate surface area is 105 Å². The molecule has 0 amide bonds. The van der Waals surface area contributed by atoms with E-state index in [-0.39, 0.29) is 12.4 Å². The van der Waals surface area contributed by atoms with Crippen LogP contribution in [0.1, 0.15) is 5.82 Å². The zero-order chi connectivity index (χ0) is 13.0. The quantitative estimate of drug-likeness (QED) is 0.879. The molecule has 0 bridgehead atoms. The van der Waals surface area contributed by atoms with Crippen molar-refractivity contribution in [3.05, 3.63) is 48.3 Å². The first-order chi connectivity index (χ1) is 8.65. The van der Waals surface area contributed by atoms with E-state index in [0.29, 0.717) is 12.3 Å². The van der Waals surface area contributed by atoms with Crippen molar-refractivity contribution >= 4 is 0 Å². The highest BCUT2D eigenvalue weighted by atomic mass is 19.1. The lowest BCUT2D eigenvalue weighted by Crippen LogP contribution is -2.23. The lowest BCUT2D eigenvalue weighted by molar-refractivity contribution is 0.0919. The minimum Gasteiger partial charge on any atom is -0.491 e. The molecule has 0 aliphatic rings. The van der Waals surface area contributed by atoms with Gasteiger partial charge in [0.25, 0.3) is 0 Å². The topological polar surface area (TPSA) is 47.3 Å². The van der Waals surface area contributed by atoms with Gasteiger partial charge >= 0.3 is 0 Å². The van der Waals surface area contributed by atoms with Gasteiger partial charge in [0.15, 0.2) is 0 Å². The standard InChI is InChI=1S/C13H15FN2O2/c1-10-15-6-7-16(10)8-12(17)9-18-13-4-2-11(14)3-5-13/h2-7,12,17H,8-9H2,1H3. The van der Waals surface area contributed by atoms with Gasteiger partial charge in [-0.1, -0.05) is 0 Å². The van der Waals surface area contributed by atoms with Crippen LogP contribution in [0.3, 0.4) is 0 Å². The molecule has 2 aromatic rings. The fourth-order valence-electron chi connectivity index (χ4n) is 1.60. The SMILES string of the molecule is Cc1nccn1CC(O)COc1ccc(F)cc1. The Kier molecular flexibility index (Phi) is 3.94. The predicted octanol–water partition coefficient (Wildman–Crippen LogP) is 1.77.